The average Bonchev–Trinajstić information content (AvgIpc) is 2.84. The lowest BCUT2D eigenvalue weighted by Gasteiger charge is -2.36. The molecule has 1 aliphatic rings. The Kier molecular flexibility index (Phi) is 5.67. The third-order valence-corrected chi connectivity index (χ3v) is 4.56. The molecule has 1 aromatic rings. The van der Waals surface area contributed by atoms with Gasteiger partial charge in [-0.1, -0.05) is 33.6 Å². The Morgan fingerprint density at radius 1 is 1.35 bits per heavy atom. The number of nitrogens with one attached hydrogen (secondary N) is 1. The van der Waals surface area contributed by atoms with E-state index in [2.05, 4.69) is 44.1 Å². The van der Waals surface area contributed by atoms with Crippen molar-refractivity contribution in [1.82, 2.24) is 10.2 Å². The van der Waals surface area contributed by atoms with Crippen molar-refractivity contribution in [2.24, 2.45) is 5.92 Å². The topological polar surface area (TPSA) is 28.4 Å². The first-order chi connectivity index (χ1) is 9.58. The van der Waals surface area contributed by atoms with Crippen LogP contribution in [0.1, 0.15) is 57.8 Å². The van der Waals surface area contributed by atoms with Gasteiger partial charge in [-0.25, -0.2) is 0 Å². The van der Waals surface area contributed by atoms with Gasteiger partial charge in [0.2, 0.25) is 0 Å². The maximum atomic E-state index is 5.71. The highest BCUT2D eigenvalue weighted by Gasteiger charge is 2.25. The Labute approximate surface area is 123 Å². The molecule has 2 atom stereocenters. The molecule has 0 spiro atoms. The van der Waals surface area contributed by atoms with Gasteiger partial charge in [0.05, 0.1) is 12.8 Å². The van der Waals surface area contributed by atoms with Crippen molar-refractivity contribution < 1.29 is 4.42 Å². The van der Waals surface area contributed by atoms with E-state index in [9.17, 15) is 0 Å². The van der Waals surface area contributed by atoms with Crippen molar-refractivity contribution in [2.45, 2.75) is 71.6 Å². The van der Waals surface area contributed by atoms with Crippen LogP contribution in [0.25, 0.3) is 0 Å². The molecule has 3 nitrogen and oxygen atoms in total. The summed E-state index contributed by atoms with van der Waals surface area (Å²) >= 11 is 0. The molecule has 3 heteroatoms. The van der Waals surface area contributed by atoms with Crippen LogP contribution in [0.2, 0.25) is 0 Å². The summed E-state index contributed by atoms with van der Waals surface area (Å²) in [4.78, 5) is 2.49. The first-order valence-electron chi connectivity index (χ1n) is 8.06. The number of rotatable bonds is 6. The first kappa shape index (κ1) is 15.6. The largest absolute Gasteiger partial charge is 0.468 e. The van der Waals surface area contributed by atoms with Gasteiger partial charge in [-0.05, 0) is 31.9 Å². The van der Waals surface area contributed by atoms with Crippen molar-refractivity contribution in [2.75, 3.05) is 7.05 Å². The SMILES string of the molecule is CC(C)NCc1ccoc1CN(C)C1CCCCC1C. The summed E-state index contributed by atoms with van der Waals surface area (Å²) in [5.41, 5.74) is 1.30. The summed E-state index contributed by atoms with van der Waals surface area (Å²) in [7, 11) is 2.24. The Balaban J connectivity index is 1.93. The van der Waals surface area contributed by atoms with E-state index < -0.39 is 0 Å². The summed E-state index contributed by atoms with van der Waals surface area (Å²) in [6.07, 6.45) is 7.30. The molecule has 0 aromatic carbocycles. The molecule has 1 aromatic heterocycles. The molecule has 1 saturated carbocycles. The fourth-order valence-electron chi connectivity index (χ4n) is 3.27. The molecule has 1 N–H and O–H groups in total. The van der Waals surface area contributed by atoms with Gasteiger partial charge in [-0.2, -0.15) is 0 Å². The van der Waals surface area contributed by atoms with Crippen molar-refractivity contribution >= 4 is 0 Å². The predicted molar refractivity (Wildman–Crippen MR) is 83.6 cm³/mol. The highest BCUT2D eigenvalue weighted by molar-refractivity contribution is 5.17. The van der Waals surface area contributed by atoms with Crippen LogP contribution >= 0.6 is 0 Å². The third-order valence-electron chi connectivity index (χ3n) is 4.56. The number of furan rings is 1. The molecule has 0 bridgehead atoms. The van der Waals surface area contributed by atoms with Crippen LogP contribution in [-0.2, 0) is 13.1 Å². The first-order valence-corrected chi connectivity index (χ1v) is 8.06. The zero-order valence-corrected chi connectivity index (χ0v) is 13.5. The minimum absolute atomic E-state index is 0.508. The van der Waals surface area contributed by atoms with E-state index in [0.717, 1.165) is 24.8 Å². The Morgan fingerprint density at radius 2 is 2.10 bits per heavy atom. The maximum absolute atomic E-state index is 5.71. The third kappa shape index (κ3) is 4.10. The van der Waals surface area contributed by atoms with E-state index in [-0.39, 0.29) is 0 Å². The zero-order valence-electron chi connectivity index (χ0n) is 13.5. The second-order valence-corrected chi connectivity index (χ2v) is 6.65. The fourth-order valence-corrected chi connectivity index (χ4v) is 3.27. The molecule has 1 aliphatic carbocycles. The van der Waals surface area contributed by atoms with Gasteiger partial charge < -0.3 is 9.73 Å². The summed E-state index contributed by atoms with van der Waals surface area (Å²) in [5, 5.41) is 3.47. The molecule has 1 fully saturated rings. The molecule has 0 saturated heterocycles. The van der Waals surface area contributed by atoms with Crippen LogP contribution in [-0.4, -0.2) is 24.0 Å². The number of hydrogen-bond acceptors (Lipinski definition) is 3. The highest BCUT2D eigenvalue weighted by Crippen LogP contribution is 2.28. The van der Waals surface area contributed by atoms with Crippen LogP contribution in [0, 0.1) is 5.92 Å². The van der Waals surface area contributed by atoms with E-state index >= 15 is 0 Å². The number of hydrogen-bond donors (Lipinski definition) is 1. The molecule has 20 heavy (non-hydrogen) atoms. The summed E-state index contributed by atoms with van der Waals surface area (Å²) in [5.74, 6) is 1.93. The lowest BCUT2D eigenvalue weighted by atomic mass is 9.85. The summed E-state index contributed by atoms with van der Waals surface area (Å²) < 4.78 is 5.71. The van der Waals surface area contributed by atoms with Gasteiger partial charge in [-0.15, -0.1) is 0 Å². The second kappa shape index (κ2) is 7.28. The van der Waals surface area contributed by atoms with Gasteiger partial charge in [0, 0.05) is 24.2 Å². The monoisotopic (exact) mass is 278 g/mol. The quantitative estimate of drug-likeness (QED) is 0.858. The molecule has 114 valence electrons. The summed E-state index contributed by atoms with van der Waals surface area (Å²) in [6.45, 7) is 8.57. The van der Waals surface area contributed by atoms with Gasteiger partial charge >= 0.3 is 0 Å². The Bertz CT molecular complexity index is 399. The van der Waals surface area contributed by atoms with Gasteiger partial charge in [0.1, 0.15) is 5.76 Å². The van der Waals surface area contributed by atoms with Crippen LogP contribution in [0.15, 0.2) is 16.7 Å². The van der Waals surface area contributed by atoms with E-state index in [4.69, 9.17) is 4.42 Å². The Hall–Kier alpha value is -0.800. The van der Waals surface area contributed by atoms with Crippen LogP contribution < -0.4 is 5.32 Å². The summed E-state index contributed by atoms with van der Waals surface area (Å²) in [6, 6.07) is 3.32. The molecule has 0 radical (unpaired) electrons. The molecular weight excluding hydrogens is 248 g/mol. The second-order valence-electron chi connectivity index (χ2n) is 6.65. The van der Waals surface area contributed by atoms with Gasteiger partial charge in [-0.3, -0.25) is 4.90 Å². The van der Waals surface area contributed by atoms with E-state index in [1.165, 1.54) is 31.2 Å². The van der Waals surface area contributed by atoms with Crippen molar-refractivity contribution in [1.29, 1.82) is 0 Å². The fraction of sp³-hybridized carbons (Fsp3) is 0.765. The zero-order chi connectivity index (χ0) is 14.5. The molecule has 2 rings (SSSR count). The molecule has 1 heterocycles. The van der Waals surface area contributed by atoms with E-state index in [1.807, 2.05) is 6.26 Å². The lowest BCUT2D eigenvalue weighted by molar-refractivity contribution is 0.125. The van der Waals surface area contributed by atoms with Crippen molar-refractivity contribution in [3.05, 3.63) is 23.7 Å². The molecule has 0 amide bonds. The van der Waals surface area contributed by atoms with Gasteiger partial charge in [0.15, 0.2) is 0 Å². The predicted octanol–water partition coefficient (Wildman–Crippen LogP) is 3.79. The minimum atomic E-state index is 0.508. The lowest BCUT2D eigenvalue weighted by Crippen LogP contribution is -2.38. The van der Waals surface area contributed by atoms with Crippen LogP contribution in [0.3, 0.4) is 0 Å². The number of nitrogens with zero attached hydrogens (tertiary/aromatic N) is 1. The van der Waals surface area contributed by atoms with Crippen molar-refractivity contribution in [3.8, 4) is 0 Å². The Morgan fingerprint density at radius 3 is 2.80 bits per heavy atom. The van der Waals surface area contributed by atoms with Gasteiger partial charge in [0.25, 0.3) is 0 Å². The highest BCUT2D eigenvalue weighted by atomic mass is 16.3. The minimum Gasteiger partial charge on any atom is -0.468 e. The molecule has 2 unspecified atom stereocenters. The molecule has 0 aliphatic heterocycles. The van der Waals surface area contributed by atoms with Crippen LogP contribution in [0.5, 0.6) is 0 Å². The smallest absolute Gasteiger partial charge is 0.122 e. The maximum Gasteiger partial charge on any atom is 0.122 e. The average molecular weight is 278 g/mol. The standard InChI is InChI=1S/C17H30N2O/c1-13(2)18-11-15-9-10-20-17(15)12-19(4)16-8-6-5-7-14(16)3/h9-10,13-14,16,18H,5-8,11-12H2,1-4H3. The molecular formula is C17H30N2O. The van der Waals surface area contributed by atoms with E-state index in [1.54, 1.807) is 0 Å². The van der Waals surface area contributed by atoms with E-state index in [0.29, 0.717) is 12.1 Å². The van der Waals surface area contributed by atoms with Crippen molar-refractivity contribution in [3.63, 3.8) is 0 Å². The van der Waals surface area contributed by atoms with Crippen LogP contribution in [0.4, 0.5) is 0 Å². The normalized spacial score (nSPS) is 23.7.